The summed E-state index contributed by atoms with van der Waals surface area (Å²) in [6.45, 7) is 6.40. The van der Waals surface area contributed by atoms with Gasteiger partial charge in [-0.2, -0.15) is 0 Å². The van der Waals surface area contributed by atoms with Crippen molar-refractivity contribution in [1.29, 1.82) is 0 Å². The maximum absolute atomic E-state index is 4.54. The first-order valence-electron chi connectivity index (χ1n) is 8.27. The van der Waals surface area contributed by atoms with Gasteiger partial charge in [-0.3, -0.25) is 0 Å². The van der Waals surface area contributed by atoms with Gasteiger partial charge in [0.1, 0.15) is 17.0 Å². The molecule has 0 unspecified atom stereocenters. The van der Waals surface area contributed by atoms with Crippen LogP contribution in [0.4, 0.5) is 11.5 Å². The first kappa shape index (κ1) is 18.4. The van der Waals surface area contributed by atoms with Crippen molar-refractivity contribution in [2.75, 3.05) is 5.32 Å². The first-order chi connectivity index (χ1) is 12.1. The molecule has 0 saturated carbocycles. The molecule has 4 rings (SSSR count). The Morgan fingerprint density at radius 3 is 2.38 bits per heavy atom. The Morgan fingerprint density at radius 1 is 0.885 bits per heavy atom. The van der Waals surface area contributed by atoms with Gasteiger partial charge in [-0.25, -0.2) is 9.97 Å². The Balaban J connectivity index is 0.00000196. The van der Waals surface area contributed by atoms with E-state index >= 15 is 0 Å². The molecular weight excluding hydrogens is 362 g/mol. The summed E-state index contributed by atoms with van der Waals surface area (Å²) in [6, 6.07) is 16.8. The van der Waals surface area contributed by atoms with Gasteiger partial charge in [-0.15, -0.1) is 23.7 Å². The van der Waals surface area contributed by atoms with Gasteiger partial charge in [0.15, 0.2) is 0 Å². The highest BCUT2D eigenvalue weighted by molar-refractivity contribution is 7.19. The number of halogens is 1. The van der Waals surface area contributed by atoms with Crippen LogP contribution in [0.2, 0.25) is 0 Å². The zero-order valence-electron chi connectivity index (χ0n) is 14.9. The Morgan fingerprint density at radius 2 is 1.65 bits per heavy atom. The van der Waals surface area contributed by atoms with E-state index in [2.05, 4.69) is 78.5 Å². The lowest BCUT2D eigenvalue weighted by atomic mass is 10.0. The van der Waals surface area contributed by atoms with Crippen molar-refractivity contribution in [3.05, 3.63) is 70.9 Å². The van der Waals surface area contributed by atoms with E-state index in [1.807, 2.05) is 6.07 Å². The van der Waals surface area contributed by atoms with Crippen LogP contribution in [0.1, 0.15) is 16.0 Å². The number of nitrogens with zero attached hydrogens (tertiary/aromatic N) is 2. The lowest BCUT2D eigenvalue weighted by molar-refractivity contribution is 1.23. The highest BCUT2D eigenvalue weighted by atomic mass is 35.5. The van der Waals surface area contributed by atoms with Crippen molar-refractivity contribution in [1.82, 2.24) is 9.97 Å². The molecule has 0 atom stereocenters. The number of hydrogen-bond acceptors (Lipinski definition) is 4. The minimum atomic E-state index is 0. The summed E-state index contributed by atoms with van der Waals surface area (Å²) in [6.07, 6.45) is 1.64. The summed E-state index contributed by atoms with van der Waals surface area (Å²) in [5.74, 6) is 0.858. The Hall–Kier alpha value is -2.43. The average molecular weight is 382 g/mol. The molecule has 132 valence electrons. The second-order valence-corrected chi connectivity index (χ2v) is 7.43. The fraction of sp³-hybridized carbons (Fsp3) is 0.143. The molecule has 0 spiro atoms. The van der Waals surface area contributed by atoms with Crippen LogP contribution in [0.5, 0.6) is 0 Å². The van der Waals surface area contributed by atoms with Gasteiger partial charge in [-0.1, -0.05) is 36.4 Å². The lowest BCUT2D eigenvalue weighted by Crippen LogP contribution is -1.96. The highest BCUT2D eigenvalue weighted by Crippen LogP contribution is 2.40. The molecule has 0 aliphatic heterocycles. The van der Waals surface area contributed by atoms with Gasteiger partial charge in [-0.05, 0) is 49.6 Å². The Labute approximate surface area is 163 Å². The van der Waals surface area contributed by atoms with Gasteiger partial charge < -0.3 is 5.32 Å². The number of thiophene rings is 1. The molecule has 2 heterocycles. The van der Waals surface area contributed by atoms with E-state index in [1.165, 1.54) is 27.1 Å². The number of aromatic nitrogens is 2. The van der Waals surface area contributed by atoms with E-state index in [4.69, 9.17) is 0 Å². The van der Waals surface area contributed by atoms with Gasteiger partial charge in [0.05, 0.1) is 5.39 Å². The molecule has 3 nitrogen and oxygen atoms in total. The maximum Gasteiger partial charge on any atom is 0.143 e. The molecule has 0 aliphatic carbocycles. The molecule has 2 aromatic heterocycles. The second-order valence-electron chi connectivity index (χ2n) is 6.23. The molecule has 2 aromatic carbocycles. The minimum Gasteiger partial charge on any atom is -0.340 e. The molecule has 0 saturated heterocycles. The number of benzene rings is 2. The van der Waals surface area contributed by atoms with Crippen LogP contribution in [-0.2, 0) is 0 Å². The third-order valence-corrected chi connectivity index (χ3v) is 5.51. The van der Waals surface area contributed by atoms with Gasteiger partial charge in [0.2, 0.25) is 0 Å². The molecule has 0 bridgehead atoms. The van der Waals surface area contributed by atoms with E-state index in [1.54, 1.807) is 17.7 Å². The molecule has 0 radical (unpaired) electrons. The molecule has 5 heteroatoms. The third-order valence-electron chi connectivity index (χ3n) is 4.50. The van der Waals surface area contributed by atoms with Crippen molar-refractivity contribution in [3.63, 3.8) is 0 Å². The normalized spacial score (nSPS) is 10.6. The van der Waals surface area contributed by atoms with Crippen molar-refractivity contribution in [2.45, 2.75) is 20.8 Å². The maximum atomic E-state index is 4.54. The topological polar surface area (TPSA) is 37.8 Å². The average Bonchev–Trinajstić information content (AvgIpc) is 2.96. The van der Waals surface area contributed by atoms with Crippen LogP contribution >= 0.6 is 23.7 Å². The molecule has 1 N–H and O–H groups in total. The summed E-state index contributed by atoms with van der Waals surface area (Å²) in [4.78, 5) is 11.3. The first-order valence-corrected chi connectivity index (χ1v) is 9.09. The monoisotopic (exact) mass is 381 g/mol. The summed E-state index contributed by atoms with van der Waals surface area (Å²) < 4.78 is 0. The quantitative estimate of drug-likeness (QED) is 0.443. The minimum absolute atomic E-state index is 0. The van der Waals surface area contributed by atoms with Crippen LogP contribution in [0.15, 0.2) is 54.9 Å². The number of nitrogens with one attached hydrogen (secondary N) is 1. The largest absolute Gasteiger partial charge is 0.340 e. The molecule has 26 heavy (non-hydrogen) atoms. The number of aryl methyl sites for hydroxylation is 3. The van der Waals surface area contributed by atoms with E-state index in [0.717, 1.165) is 21.7 Å². The zero-order chi connectivity index (χ0) is 17.4. The second kappa shape index (κ2) is 7.44. The lowest BCUT2D eigenvalue weighted by Gasteiger charge is -2.10. The number of anilines is 2. The van der Waals surface area contributed by atoms with Crippen molar-refractivity contribution < 1.29 is 0 Å². The summed E-state index contributed by atoms with van der Waals surface area (Å²) in [7, 11) is 0. The van der Waals surface area contributed by atoms with Crippen LogP contribution in [-0.4, -0.2) is 9.97 Å². The molecule has 4 aromatic rings. The van der Waals surface area contributed by atoms with Crippen LogP contribution in [0.3, 0.4) is 0 Å². The Kier molecular flexibility index (Phi) is 5.25. The standard InChI is InChI=1S/C21H19N3S.ClH/c1-13-9-10-17(11-14(13)2)24-20-19-18(16-7-5-4-6-8-16)15(3)25-21(19)23-12-22-20;/h4-12H,1-3H3,(H,22,23,24);1H. The predicted octanol–water partition coefficient (Wildman–Crippen LogP) is 6.45. The van der Waals surface area contributed by atoms with Crippen molar-refractivity contribution in [2.24, 2.45) is 0 Å². The SMILES string of the molecule is Cc1ccc(Nc2ncnc3sc(C)c(-c4ccccc4)c23)cc1C.Cl. The van der Waals surface area contributed by atoms with Crippen molar-refractivity contribution >= 4 is 45.5 Å². The molecule has 0 fully saturated rings. The zero-order valence-corrected chi connectivity index (χ0v) is 16.5. The third kappa shape index (κ3) is 3.30. The highest BCUT2D eigenvalue weighted by Gasteiger charge is 2.16. The van der Waals surface area contributed by atoms with E-state index in [9.17, 15) is 0 Å². The van der Waals surface area contributed by atoms with E-state index in [-0.39, 0.29) is 12.4 Å². The smallest absolute Gasteiger partial charge is 0.143 e. The summed E-state index contributed by atoms with van der Waals surface area (Å²) in [5, 5.41) is 4.59. The molecule has 0 aliphatic rings. The fourth-order valence-corrected chi connectivity index (χ4v) is 4.06. The molecular formula is C21H20ClN3S. The number of fused-ring (bicyclic) bond motifs is 1. The van der Waals surface area contributed by atoms with Crippen molar-refractivity contribution in [3.8, 4) is 11.1 Å². The van der Waals surface area contributed by atoms with E-state index < -0.39 is 0 Å². The summed E-state index contributed by atoms with van der Waals surface area (Å²) >= 11 is 1.71. The van der Waals surface area contributed by atoms with Crippen LogP contribution < -0.4 is 5.32 Å². The van der Waals surface area contributed by atoms with Crippen LogP contribution in [0.25, 0.3) is 21.3 Å². The number of rotatable bonds is 3. The van der Waals surface area contributed by atoms with E-state index in [0.29, 0.717) is 0 Å². The van der Waals surface area contributed by atoms with Crippen LogP contribution in [0, 0.1) is 20.8 Å². The van der Waals surface area contributed by atoms with Gasteiger partial charge >= 0.3 is 0 Å². The Bertz CT molecular complexity index is 1060. The fourth-order valence-electron chi connectivity index (χ4n) is 3.05. The summed E-state index contributed by atoms with van der Waals surface area (Å²) in [5.41, 5.74) is 6.01. The van der Waals surface area contributed by atoms with Gasteiger partial charge in [0, 0.05) is 16.1 Å². The predicted molar refractivity (Wildman–Crippen MR) is 114 cm³/mol. The molecule has 0 amide bonds. The van der Waals surface area contributed by atoms with Gasteiger partial charge in [0.25, 0.3) is 0 Å². The number of hydrogen-bond donors (Lipinski definition) is 1.